The number of likely N-dealkylation sites (N-methyl/N-ethyl adjacent to an activating group) is 1. The fourth-order valence-electron chi connectivity index (χ4n) is 2.72. The van der Waals surface area contributed by atoms with Crippen molar-refractivity contribution in [3.63, 3.8) is 0 Å². The van der Waals surface area contributed by atoms with E-state index in [-0.39, 0.29) is 11.9 Å². The maximum absolute atomic E-state index is 12.3. The molecule has 0 bridgehead atoms. The van der Waals surface area contributed by atoms with Gasteiger partial charge in [0.25, 0.3) is 0 Å². The van der Waals surface area contributed by atoms with E-state index in [2.05, 4.69) is 4.90 Å². The maximum atomic E-state index is 12.3. The third-order valence-electron chi connectivity index (χ3n) is 3.97. The quantitative estimate of drug-likeness (QED) is 0.724. The molecule has 2 atom stereocenters. The number of carboxylic acid groups (broad SMARTS) is 1. The zero-order valence-corrected chi connectivity index (χ0v) is 11.0. The van der Waals surface area contributed by atoms with Gasteiger partial charge in [0.15, 0.2) is 0 Å². The molecule has 0 aromatic rings. The second kappa shape index (κ2) is 5.14. The van der Waals surface area contributed by atoms with Crippen LogP contribution in [0.2, 0.25) is 0 Å². The van der Waals surface area contributed by atoms with Gasteiger partial charge in [-0.3, -0.25) is 0 Å². The van der Waals surface area contributed by atoms with E-state index < -0.39 is 12.0 Å². The molecule has 2 aliphatic heterocycles. The minimum atomic E-state index is -0.887. The highest BCUT2D eigenvalue weighted by Gasteiger charge is 2.41. The molecule has 102 valence electrons. The summed E-state index contributed by atoms with van der Waals surface area (Å²) in [4.78, 5) is 29.0. The predicted octanol–water partition coefficient (Wildman–Crippen LogP) is 0.149. The van der Waals surface area contributed by atoms with Crippen molar-refractivity contribution in [2.75, 3.05) is 39.8 Å². The van der Waals surface area contributed by atoms with Gasteiger partial charge in [-0.25, -0.2) is 9.59 Å². The predicted molar refractivity (Wildman–Crippen MR) is 66.4 cm³/mol. The highest BCUT2D eigenvalue weighted by atomic mass is 16.4. The van der Waals surface area contributed by atoms with E-state index in [0.29, 0.717) is 19.6 Å². The lowest BCUT2D eigenvalue weighted by Crippen LogP contribution is -2.54. The number of carbonyl (C=O) groups excluding carboxylic acids is 1. The molecular weight excluding hydrogens is 234 g/mol. The summed E-state index contributed by atoms with van der Waals surface area (Å²) in [5.74, 6) is -0.846. The molecular formula is C12H21N3O3. The number of carboxylic acids is 1. The maximum Gasteiger partial charge on any atom is 0.326 e. The van der Waals surface area contributed by atoms with Gasteiger partial charge in [0.05, 0.1) is 0 Å². The first-order valence-corrected chi connectivity index (χ1v) is 6.47. The number of carbonyl (C=O) groups is 2. The van der Waals surface area contributed by atoms with E-state index in [1.165, 1.54) is 4.90 Å². The average Bonchev–Trinajstić information content (AvgIpc) is 2.71. The molecule has 0 saturated carbocycles. The Bertz CT molecular complexity index is 339. The first-order valence-electron chi connectivity index (χ1n) is 6.47. The van der Waals surface area contributed by atoms with Crippen molar-refractivity contribution in [1.82, 2.24) is 14.7 Å². The lowest BCUT2D eigenvalue weighted by atomic mass is 10.0. The molecule has 2 heterocycles. The van der Waals surface area contributed by atoms with Gasteiger partial charge in [-0.1, -0.05) is 6.92 Å². The number of hydrogen-bond acceptors (Lipinski definition) is 3. The summed E-state index contributed by atoms with van der Waals surface area (Å²) in [6, 6.07) is -0.767. The number of rotatable bonds is 1. The van der Waals surface area contributed by atoms with Gasteiger partial charge in [0, 0.05) is 32.7 Å². The number of amides is 2. The van der Waals surface area contributed by atoms with E-state index in [1.807, 2.05) is 14.0 Å². The summed E-state index contributed by atoms with van der Waals surface area (Å²) in [5, 5.41) is 9.22. The van der Waals surface area contributed by atoms with Gasteiger partial charge in [-0.05, 0) is 19.4 Å². The molecule has 6 nitrogen and oxygen atoms in total. The number of hydrogen-bond donors (Lipinski definition) is 1. The van der Waals surface area contributed by atoms with E-state index in [0.717, 1.165) is 19.5 Å². The molecule has 2 rings (SSSR count). The summed E-state index contributed by atoms with van der Waals surface area (Å²) in [5.41, 5.74) is 0. The molecule has 0 aromatic heterocycles. The van der Waals surface area contributed by atoms with Crippen LogP contribution in [0.1, 0.15) is 13.3 Å². The van der Waals surface area contributed by atoms with E-state index >= 15 is 0 Å². The van der Waals surface area contributed by atoms with Gasteiger partial charge in [-0.15, -0.1) is 0 Å². The molecule has 2 unspecified atom stereocenters. The van der Waals surface area contributed by atoms with E-state index in [9.17, 15) is 14.7 Å². The van der Waals surface area contributed by atoms with Gasteiger partial charge in [-0.2, -0.15) is 0 Å². The molecule has 0 aromatic carbocycles. The smallest absolute Gasteiger partial charge is 0.326 e. The summed E-state index contributed by atoms with van der Waals surface area (Å²) in [6.07, 6.45) is 0.774. The van der Waals surface area contributed by atoms with Crippen LogP contribution in [0.5, 0.6) is 0 Å². The molecule has 1 N–H and O–H groups in total. The Kier molecular flexibility index (Phi) is 3.75. The Labute approximate surface area is 107 Å². The van der Waals surface area contributed by atoms with E-state index in [4.69, 9.17) is 0 Å². The molecule has 6 heteroatoms. The Morgan fingerprint density at radius 1 is 1.11 bits per heavy atom. The van der Waals surface area contributed by atoms with Crippen LogP contribution in [0.15, 0.2) is 0 Å². The monoisotopic (exact) mass is 255 g/mol. The summed E-state index contributed by atoms with van der Waals surface area (Å²) < 4.78 is 0. The van der Waals surface area contributed by atoms with Crippen molar-refractivity contribution in [3.8, 4) is 0 Å². The highest BCUT2D eigenvalue weighted by Crippen LogP contribution is 2.25. The van der Waals surface area contributed by atoms with Crippen LogP contribution in [0.3, 0.4) is 0 Å². The number of urea groups is 1. The summed E-state index contributed by atoms with van der Waals surface area (Å²) in [6.45, 7) is 5.54. The van der Waals surface area contributed by atoms with Crippen LogP contribution in [0.25, 0.3) is 0 Å². The standard InChI is InChI=1S/C12H21N3O3/c1-9-3-4-15(10(9)11(16)17)12(18)14-7-5-13(2)6-8-14/h9-10H,3-8H2,1-2H3,(H,16,17). The third-order valence-corrected chi connectivity index (χ3v) is 3.97. The van der Waals surface area contributed by atoms with Crippen molar-refractivity contribution >= 4 is 12.0 Å². The Morgan fingerprint density at radius 3 is 2.28 bits per heavy atom. The van der Waals surface area contributed by atoms with Crippen LogP contribution in [0, 0.1) is 5.92 Å². The lowest BCUT2D eigenvalue weighted by molar-refractivity contribution is -0.142. The minimum Gasteiger partial charge on any atom is -0.480 e. The minimum absolute atomic E-state index is 0.0407. The molecule has 2 saturated heterocycles. The van der Waals surface area contributed by atoms with Gasteiger partial charge >= 0.3 is 12.0 Å². The Hall–Kier alpha value is -1.30. The number of aliphatic carboxylic acids is 1. The first-order chi connectivity index (χ1) is 8.50. The van der Waals surface area contributed by atoms with Crippen LogP contribution >= 0.6 is 0 Å². The zero-order chi connectivity index (χ0) is 13.3. The topological polar surface area (TPSA) is 64.1 Å². The number of likely N-dealkylation sites (tertiary alicyclic amines) is 1. The van der Waals surface area contributed by atoms with Gasteiger partial charge in [0.2, 0.25) is 0 Å². The fraction of sp³-hybridized carbons (Fsp3) is 0.833. The first kappa shape index (κ1) is 13.1. The van der Waals surface area contributed by atoms with Crippen LogP contribution in [-0.2, 0) is 4.79 Å². The van der Waals surface area contributed by atoms with E-state index in [1.54, 1.807) is 4.90 Å². The molecule has 2 fully saturated rings. The summed E-state index contributed by atoms with van der Waals surface area (Å²) in [7, 11) is 2.03. The molecule has 0 spiro atoms. The van der Waals surface area contributed by atoms with Crippen molar-refractivity contribution in [1.29, 1.82) is 0 Å². The lowest BCUT2D eigenvalue weighted by Gasteiger charge is -2.36. The largest absolute Gasteiger partial charge is 0.480 e. The normalized spacial score (nSPS) is 29.7. The van der Waals surface area contributed by atoms with Gasteiger partial charge in [0.1, 0.15) is 6.04 Å². The average molecular weight is 255 g/mol. The van der Waals surface area contributed by atoms with Crippen molar-refractivity contribution in [3.05, 3.63) is 0 Å². The molecule has 0 aliphatic carbocycles. The number of piperazine rings is 1. The highest BCUT2D eigenvalue weighted by molar-refractivity contribution is 5.83. The Balaban J connectivity index is 2.02. The molecule has 2 amide bonds. The summed E-state index contributed by atoms with van der Waals surface area (Å²) >= 11 is 0. The van der Waals surface area contributed by atoms with Crippen molar-refractivity contribution in [2.24, 2.45) is 5.92 Å². The SMILES string of the molecule is CC1CCN(C(=O)N2CCN(C)CC2)C1C(=O)O. The third kappa shape index (κ3) is 2.43. The van der Waals surface area contributed by atoms with Gasteiger partial charge < -0.3 is 19.8 Å². The van der Waals surface area contributed by atoms with Crippen LogP contribution < -0.4 is 0 Å². The van der Waals surface area contributed by atoms with Crippen LogP contribution in [-0.4, -0.2) is 77.6 Å². The second-order valence-electron chi connectivity index (χ2n) is 5.32. The number of nitrogens with zero attached hydrogens (tertiary/aromatic N) is 3. The fourth-order valence-corrected chi connectivity index (χ4v) is 2.72. The zero-order valence-electron chi connectivity index (χ0n) is 11.0. The molecule has 2 aliphatic rings. The van der Waals surface area contributed by atoms with Crippen molar-refractivity contribution < 1.29 is 14.7 Å². The van der Waals surface area contributed by atoms with Crippen LogP contribution in [0.4, 0.5) is 4.79 Å². The molecule has 0 radical (unpaired) electrons. The van der Waals surface area contributed by atoms with Crippen molar-refractivity contribution in [2.45, 2.75) is 19.4 Å². The second-order valence-corrected chi connectivity index (χ2v) is 5.32. The Morgan fingerprint density at radius 2 is 1.72 bits per heavy atom. The molecule has 18 heavy (non-hydrogen) atoms.